The first kappa shape index (κ1) is 13.4. The van der Waals surface area contributed by atoms with Crippen molar-refractivity contribution in [3.05, 3.63) is 42.9 Å². The number of sulfonamides is 1. The Labute approximate surface area is 127 Å². The van der Waals surface area contributed by atoms with Crippen LogP contribution in [0.15, 0.2) is 41.4 Å². The third-order valence-electron chi connectivity index (χ3n) is 3.86. The van der Waals surface area contributed by atoms with E-state index in [2.05, 4.69) is 21.3 Å². The fourth-order valence-electron chi connectivity index (χ4n) is 2.43. The van der Waals surface area contributed by atoms with Crippen LogP contribution in [-0.2, 0) is 10.0 Å². The maximum Gasteiger partial charge on any atom is 0.243 e. The van der Waals surface area contributed by atoms with Gasteiger partial charge in [0.2, 0.25) is 10.0 Å². The minimum atomic E-state index is -3.33. The molecule has 0 amide bonds. The molecule has 0 spiro atoms. The number of hydrogen-bond acceptors (Lipinski definition) is 4. The van der Waals surface area contributed by atoms with Crippen molar-refractivity contribution < 1.29 is 8.42 Å². The van der Waals surface area contributed by atoms with Crippen molar-refractivity contribution in [2.24, 2.45) is 0 Å². The first-order valence-corrected chi connectivity index (χ1v) is 8.41. The summed E-state index contributed by atoms with van der Waals surface area (Å²) in [6.07, 6.45) is 5.31. The molecule has 6 nitrogen and oxygen atoms in total. The van der Waals surface area contributed by atoms with Gasteiger partial charge in [-0.25, -0.2) is 18.4 Å². The van der Waals surface area contributed by atoms with Crippen LogP contribution < -0.4 is 0 Å². The fraction of sp³-hybridized carbons (Fsp3) is 0.200. The first-order chi connectivity index (χ1) is 10.6. The van der Waals surface area contributed by atoms with Gasteiger partial charge in [0, 0.05) is 24.8 Å². The van der Waals surface area contributed by atoms with Gasteiger partial charge in [-0.05, 0) is 30.2 Å². The third-order valence-corrected chi connectivity index (χ3v) is 5.77. The van der Waals surface area contributed by atoms with Crippen molar-refractivity contribution >= 4 is 21.2 Å². The second-order valence-electron chi connectivity index (χ2n) is 5.22. The number of benzene rings is 1. The van der Waals surface area contributed by atoms with Gasteiger partial charge in [0.1, 0.15) is 5.52 Å². The number of nitrogens with one attached hydrogen (secondary N) is 1. The molecule has 1 aliphatic rings. The van der Waals surface area contributed by atoms with Gasteiger partial charge in [-0.3, -0.25) is 0 Å². The van der Waals surface area contributed by atoms with E-state index in [4.69, 9.17) is 0 Å². The maximum absolute atomic E-state index is 12.3. The van der Waals surface area contributed by atoms with Crippen molar-refractivity contribution in [1.29, 1.82) is 0 Å². The molecular formula is C15H13N4O2S. The lowest BCUT2D eigenvalue weighted by atomic mass is 10.1. The van der Waals surface area contributed by atoms with Crippen molar-refractivity contribution in [2.45, 2.75) is 11.3 Å². The molecule has 1 aromatic carbocycles. The first-order valence-electron chi connectivity index (χ1n) is 6.97. The maximum atomic E-state index is 12.3. The summed E-state index contributed by atoms with van der Waals surface area (Å²) in [5.74, 6) is 0. The standard InChI is InChI=1S/C15H13N4O2S/c20-22(21,19-6-1-7-19)13-4-2-11(3-5-13)12-8-14-15(16-9-12)18-10-17-14/h2-5,8-9H,1,6-7H2,(H,16,17,18). The number of H-pyrrole nitrogens is 1. The van der Waals surface area contributed by atoms with Crippen molar-refractivity contribution in [3.8, 4) is 11.1 Å². The molecule has 0 aliphatic carbocycles. The predicted octanol–water partition coefficient (Wildman–Crippen LogP) is 1.82. The average molecular weight is 313 g/mol. The molecule has 1 fully saturated rings. The zero-order valence-corrected chi connectivity index (χ0v) is 12.5. The molecule has 0 unspecified atom stereocenters. The van der Waals surface area contributed by atoms with Gasteiger partial charge in [0.05, 0.1) is 4.90 Å². The molecule has 1 aliphatic heterocycles. The molecule has 3 aromatic rings. The van der Waals surface area contributed by atoms with Crippen LogP contribution in [-0.4, -0.2) is 40.8 Å². The summed E-state index contributed by atoms with van der Waals surface area (Å²) >= 11 is 0. The molecule has 7 heteroatoms. The Hall–Kier alpha value is -2.25. The summed E-state index contributed by atoms with van der Waals surface area (Å²) in [5.41, 5.74) is 3.20. The van der Waals surface area contributed by atoms with E-state index >= 15 is 0 Å². The van der Waals surface area contributed by atoms with Crippen LogP contribution in [0, 0.1) is 6.33 Å². The Kier molecular flexibility index (Phi) is 2.98. The molecule has 0 saturated carbocycles. The van der Waals surface area contributed by atoms with E-state index in [9.17, 15) is 8.42 Å². The minimum Gasteiger partial charge on any atom is -0.320 e. The number of fused-ring (bicyclic) bond motifs is 1. The monoisotopic (exact) mass is 313 g/mol. The zero-order valence-electron chi connectivity index (χ0n) is 11.7. The zero-order chi connectivity index (χ0) is 15.2. The molecular weight excluding hydrogens is 300 g/mol. The molecule has 3 heterocycles. The second kappa shape index (κ2) is 4.89. The number of rotatable bonds is 3. The molecule has 1 saturated heterocycles. The molecule has 1 radical (unpaired) electrons. The Balaban J connectivity index is 1.69. The van der Waals surface area contributed by atoms with Crippen LogP contribution in [0.4, 0.5) is 0 Å². The molecule has 0 bridgehead atoms. The lowest BCUT2D eigenvalue weighted by molar-refractivity contribution is 0.309. The van der Waals surface area contributed by atoms with Crippen LogP contribution in [0.3, 0.4) is 0 Å². The summed E-state index contributed by atoms with van der Waals surface area (Å²) in [5, 5.41) is 0. The number of imidazole rings is 1. The third kappa shape index (κ3) is 2.10. The van der Waals surface area contributed by atoms with Crippen molar-refractivity contribution in [3.63, 3.8) is 0 Å². The highest BCUT2D eigenvalue weighted by Gasteiger charge is 2.29. The topological polar surface area (TPSA) is 79.0 Å². The summed E-state index contributed by atoms with van der Waals surface area (Å²) in [6, 6.07) is 8.78. The largest absolute Gasteiger partial charge is 0.320 e. The molecule has 22 heavy (non-hydrogen) atoms. The van der Waals surface area contributed by atoms with E-state index in [1.54, 1.807) is 30.5 Å². The molecule has 111 valence electrons. The van der Waals surface area contributed by atoms with Crippen molar-refractivity contribution in [2.75, 3.05) is 13.1 Å². The van der Waals surface area contributed by atoms with Crippen LogP contribution >= 0.6 is 0 Å². The number of pyridine rings is 1. The van der Waals surface area contributed by atoms with Crippen LogP contribution in [0.1, 0.15) is 6.42 Å². The van der Waals surface area contributed by atoms with Crippen molar-refractivity contribution in [1.82, 2.24) is 19.3 Å². The number of aromatic amines is 1. The van der Waals surface area contributed by atoms with E-state index < -0.39 is 10.0 Å². The average Bonchev–Trinajstić information content (AvgIpc) is 2.92. The van der Waals surface area contributed by atoms with Gasteiger partial charge in [-0.2, -0.15) is 4.31 Å². The van der Waals surface area contributed by atoms with E-state index in [0.29, 0.717) is 23.6 Å². The molecule has 4 rings (SSSR count). The minimum absolute atomic E-state index is 0.332. The van der Waals surface area contributed by atoms with Gasteiger partial charge in [0.25, 0.3) is 0 Å². The van der Waals surface area contributed by atoms with Crippen LogP contribution in [0.25, 0.3) is 22.3 Å². The fourth-order valence-corrected chi connectivity index (χ4v) is 3.95. The lowest BCUT2D eigenvalue weighted by Crippen LogP contribution is -2.41. The van der Waals surface area contributed by atoms with Gasteiger partial charge >= 0.3 is 0 Å². The van der Waals surface area contributed by atoms with Gasteiger partial charge < -0.3 is 4.98 Å². The summed E-state index contributed by atoms with van der Waals surface area (Å²) < 4.78 is 26.1. The number of hydrogen-bond donors (Lipinski definition) is 1. The number of aromatic nitrogens is 3. The smallest absolute Gasteiger partial charge is 0.243 e. The second-order valence-corrected chi connectivity index (χ2v) is 7.16. The number of nitrogens with zero attached hydrogens (tertiary/aromatic N) is 3. The van der Waals surface area contributed by atoms with E-state index in [-0.39, 0.29) is 0 Å². The van der Waals surface area contributed by atoms with E-state index in [1.807, 2.05) is 6.07 Å². The molecule has 1 N–H and O–H groups in total. The predicted molar refractivity (Wildman–Crippen MR) is 81.5 cm³/mol. The SMILES string of the molecule is O=S(=O)(c1ccc(-c2cnc3[nH][c]nc3c2)cc1)N1CCC1. The summed E-state index contributed by atoms with van der Waals surface area (Å²) in [7, 11) is -3.33. The van der Waals surface area contributed by atoms with Crippen LogP contribution in [0.2, 0.25) is 0 Å². The van der Waals surface area contributed by atoms with Gasteiger partial charge in [-0.15, -0.1) is 0 Å². The van der Waals surface area contributed by atoms with E-state index in [1.165, 1.54) is 4.31 Å². The summed E-state index contributed by atoms with van der Waals surface area (Å²) in [6.45, 7) is 1.22. The van der Waals surface area contributed by atoms with Gasteiger partial charge in [0.15, 0.2) is 12.0 Å². The Morgan fingerprint density at radius 3 is 2.59 bits per heavy atom. The highest BCUT2D eigenvalue weighted by molar-refractivity contribution is 7.89. The normalized spacial score (nSPS) is 15.8. The lowest BCUT2D eigenvalue weighted by Gasteiger charge is -2.29. The molecule has 2 aromatic heterocycles. The Bertz CT molecular complexity index is 928. The van der Waals surface area contributed by atoms with E-state index in [0.717, 1.165) is 23.1 Å². The Morgan fingerprint density at radius 2 is 1.91 bits per heavy atom. The van der Waals surface area contributed by atoms with Crippen LogP contribution in [0.5, 0.6) is 0 Å². The summed E-state index contributed by atoms with van der Waals surface area (Å²) in [4.78, 5) is 11.5. The van der Waals surface area contributed by atoms with Gasteiger partial charge in [-0.1, -0.05) is 12.1 Å². The highest BCUT2D eigenvalue weighted by atomic mass is 32.2. The Morgan fingerprint density at radius 1 is 1.14 bits per heavy atom. The molecule has 0 atom stereocenters. The highest BCUT2D eigenvalue weighted by Crippen LogP contribution is 2.25. The quantitative estimate of drug-likeness (QED) is 0.800.